The first-order valence-electron chi connectivity index (χ1n) is 10.6. The molecule has 0 aliphatic carbocycles. The van der Waals surface area contributed by atoms with Gasteiger partial charge in [0.25, 0.3) is 0 Å². The fourth-order valence-electron chi connectivity index (χ4n) is 3.68. The first-order chi connectivity index (χ1) is 15.6. The number of aromatic hydroxyl groups is 1. The number of nitrogens with one attached hydrogen (secondary N) is 1. The number of phenols is 1. The number of sulfonamides is 1. The van der Waals surface area contributed by atoms with Crippen molar-refractivity contribution in [3.63, 3.8) is 0 Å². The molecule has 34 heavy (non-hydrogen) atoms. The molecule has 188 valence electrons. The van der Waals surface area contributed by atoms with E-state index in [-0.39, 0.29) is 22.8 Å². The number of hydrogen-bond acceptors (Lipinski definition) is 6. The second-order valence-electron chi connectivity index (χ2n) is 9.17. The Morgan fingerprint density at radius 2 is 1.85 bits per heavy atom. The highest BCUT2D eigenvalue weighted by Crippen LogP contribution is 2.34. The third-order valence-corrected chi connectivity index (χ3v) is 7.10. The van der Waals surface area contributed by atoms with E-state index < -0.39 is 50.0 Å². The van der Waals surface area contributed by atoms with Gasteiger partial charge in [0, 0.05) is 23.6 Å². The number of phenolic OH excluding ortho intramolecular Hbond substituents is 1. The molecule has 2 aromatic carbocycles. The molecule has 0 radical (unpaired) electrons. The van der Waals surface area contributed by atoms with Crippen LogP contribution in [0.2, 0.25) is 5.02 Å². The number of carbonyl (C=O) groups is 1. The van der Waals surface area contributed by atoms with Crippen LogP contribution in [0.1, 0.15) is 55.9 Å². The summed E-state index contributed by atoms with van der Waals surface area (Å²) in [6.45, 7) is 9.79. The molecular weight excluding hydrogens is 485 g/mol. The number of ether oxygens (including phenoxy) is 2. The molecule has 10 heteroatoms. The van der Waals surface area contributed by atoms with E-state index in [0.717, 1.165) is 11.6 Å². The summed E-state index contributed by atoms with van der Waals surface area (Å²) >= 11 is 5.97. The molecule has 1 unspecified atom stereocenters. The summed E-state index contributed by atoms with van der Waals surface area (Å²) in [4.78, 5) is 12.7. The topological polar surface area (TPSA) is 102 Å². The van der Waals surface area contributed by atoms with Crippen molar-refractivity contribution in [1.82, 2.24) is 4.72 Å². The summed E-state index contributed by atoms with van der Waals surface area (Å²) in [7, 11) is -3.15. The number of carbonyl (C=O) groups excluding carboxylic acids is 1. The Hall–Kier alpha value is -2.20. The van der Waals surface area contributed by atoms with E-state index in [1.807, 2.05) is 0 Å². The largest absolute Gasteiger partial charge is 0.506 e. The van der Waals surface area contributed by atoms with Crippen molar-refractivity contribution in [3.05, 3.63) is 57.4 Å². The summed E-state index contributed by atoms with van der Waals surface area (Å²) in [5, 5.41) is 10.5. The van der Waals surface area contributed by atoms with Crippen LogP contribution >= 0.6 is 11.6 Å². The number of rotatable bonds is 8. The van der Waals surface area contributed by atoms with Crippen molar-refractivity contribution < 1.29 is 32.2 Å². The van der Waals surface area contributed by atoms with E-state index in [1.165, 1.54) is 19.2 Å². The average molecular weight is 516 g/mol. The molecular formula is C24H31ClFNO6S. The molecule has 0 aliphatic rings. The van der Waals surface area contributed by atoms with Crippen molar-refractivity contribution in [3.8, 4) is 5.75 Å². The first kappa shape index (κ1) is 28.0. The molecule has 2 atom stereocenters. The fraction of sp³-hybridized carbons (Fsp3) is 0.458. The van der Waals surface area contributed by atoms with Gasteiger partial charge in [0.15, 0.2) is 0 Å². The zero-order valence-electron chi connectivity index (χ0n) is 20.3. The lowest BCUT2D eigenvalue weighted by Crippen LogP contribution is -2.47. The van der Waals surface area contributed by atoms with Gasteiger partial charge in [-0.2, -0.15) is 4.72 Å². The molecule has 0 spiro atoms. The van der Waals surface area contributed by atoms with Gasteiger partial charge in [-0.1, -0.05) is 24.6 Å². The summed E-state index contributed by atoms with van der Waals surface area (Å²) in [6, 6.07) is 3.80. The Bertz CT molecular complexity index is 1180. The molecule has 0 saturated heterocycles. The number of methoxy groups -OCH3 is 1. The average Bonchev–Trinajstić information content (AvgIpc) is 2.67. The van der Waals surface area contributed by atoms with Crippen molar-refractivity contribution >= 4 is 27.6 Å². The Balaban J connectivity index is 2.64. The zero-order valence-corrected chi connectivity index (χ0v) is 21.9. The predicted octanol–water partition coefficient (Wildman–Crippen LogP) is 4.74. The van der Waals surface area contributed by atoms with E-state index in [1.54, 1.807) is 47.6 Å². The molecule has 0 heterocycles. The lowest BCUT2D eigenvalue weighted by molar-refractivity contribution is -0.157. The van der Waals surface area contributed by atoms with Crippen LogP contribution in [-0.4, -0.2) is 38.2 Å². The summed E-state index contributed by atoms with van der Waals surface area (Å²) in [5.41, 5.74) is 0.732. The second-order valence-corrected chi connectivity index (χ2v) is 11.3. The van der Waals surface area contributed by atoms with E-state index >= 15 is 0 Å². The van der Waals surface area contributed by atoms with E-state index in [0.29, 0.717) is 5.56 Å². The van der Waals surface area contributed by atoms with Crippen LogP contribution in [-0.2, 0) is 30.9 Å². The molecule has 0 aliphatic heterocycles. The minimum atomic E-state index is -4.51. The van der Waals surface area contributed by atoms with Crippen LogP contribution in [0.5, 0.6) is 5.75 Å². The van der Waals surface area contributed by atoms with Gasteiger partial charge in [0.1, 0.15) is 28.1 Å². The summed E-state index contributed by atoms with van der Waals surface area (Å²) in [5.74, 6) is -3.01. The lowest BCUT2D eigenvalue weighted by atomic mass is 9.88. The molecule has 0 amide bonds. The fourth-order valence-corrected chi connectivity index (χ4v) is 5.47. The third kappa shape index (κ3) is 6.47. The van der Waals surface area contributed by atoms with Crippen LogP contribution in [0.4, 0.5) is 4.39 Å². The van der Waals surface area contributed by atoms with E-state index in [2.05, 4.69) is 4.72 Å². The second kappa shape index (κ2) is 10.6. The maximum Gasteiger partial charge on any atom is 0.325 e. The first-order valence-corrected chi connectivity index (χ1v) is 12.5. The molecule has 2 rings (SSSR count). The van der Waals surface area contributed by atoms with Gasteiger partial charge in [0.2, 0.25) is 10.0 Å². The number of halogens is 2. The number of aryl methyl sites for hydroxylation is 1. The van der Waals surface area contributed by atoms with Gasteiger partial charge in [0.05, 0.1) is 6.61 Å². The van der Waals surface area contributed by atoms with Crippen LogP contribution in [0.3, 0.4) is 0 Å². The molecule has 2 N–H and O–H groups in total. The van der Waals surface area contributed by atoms with Gasteiger partial charge in [-0.15, -0.1) is 0 Å². The highest BCUT2D eigenvalue weighted by molar-refractivity contribution is 7.89. The Kier molecular flexibility index (Phi) is 8.74. The quantitative estimate of drug-likeness (QED) is 0.492. The van der Waals surface area contributed by atoms with Gasteiger partial charge >= 0.3 is 5.97 Å². The van der Waals surface area contributed by atoms with Crippen molar-refractivity contribution in [1.29, 1.82) is 0 Å². The Labute approximate surface area is 205 Å². The minimum Gasteiger partial charge on any atom is -0.506 e. The molecule has 7 nitrogen and oxygen atoms in total. The van der Waals surface area contributed by atoms with E-state index in [9.17, 15) is 22.7 Å². The van der Waals surface area contributed by atoms with Gasteiger partial charge in [-0.05, 0) is 69.5 Å². The predicted molar refractivity (Wildman–Crippen MR) is 128 cm³/mol. The van der Waals surface area contributed by atoms with Crippen molar-refractivity contribution in [2.24, 2.45) is 0 Å². The zero-order chi connectivity index (χ0) is 26.0. The van der Waals surface area contributed by atoms with Crippen LogP contribution in [0, 0.1) is 19.7 Å². The lowest BCUT2D eigenvalue weighted by Gasteiger charge is -2.29. The molecule has 2 aromatic rings. The van der Waals surface area contributed by atoms with Crippen LogP contribution in [0.15, 0.2) is 29.2 Å². The minimum absolute atomic E-state index is 0.0912. The Morgan fingerprint density at radius 1 is 1.24 bits per heavy atom. The molecule has 0 bridgehead atoms. The SMILES string of the molecule is COCc1cc(Cl)cc(O)c1S(=O)(=O)N[C@H](C(=O)OC(C)(C)C)C(C)c1c(F)ccc(C)c1C. The molecule has 0 saturated carbocycles. The third-order valence-electron chi connectivity index (χ3n) is 5.31. The maximum atomic E-state index is 14.9. The maximum absolute atomic E-state index is 14.9. The van der Waals surface area contributed by atoms with Crippen molar-refractivity contribution in [2.75, 3.05) is 7.11 Å². The summed E-state index contributed by atoms with van der Waals surface area (Å²) in [6.07, 6.45) is 0. The number of hydrogen-bond donors (Lipinski definition) is 2. The smallest absolute Gasteiger partial charge is 0.325 e. The van der Waals surface area contributed by atoms with Crippen LogP contribution in [0.25, 0.3) is 0 Å². The van der Waals surface area contributed by atoms with Crippen LogP contribution < -0.4 is 4.72 Å². The standard InChI is InChI=1S/C24H31ClFNO6S/c1-13-8-9-18(26)20(14(13)2)15(3)21(23(29)33-24(4,5)6)27-34(30,31)22-16(12-32-7)10-17(25)11-19(22)28/h8-11,15,21,27-28H,12H2,1-7H3/t15?,21-/m0/s1. The number of esters is 1. The summed E-state index contributed by atoms with van der Waals surface area (Å²) < 4.78 is 54.6. The molecule has 0 fully saturated rings. The molecule has 0 aromatic heterocycles. The monoisotopic (exact) mass is 515 g/mol. The van der Waals surface area contributed by atoms with Gasteiger partial charge in [-0.3, -0.25) is 4.79 Å². The normalized spacial score (nSPS) is 14.0. The van der Waals surface area contributed by atoms with Gasteiger partial charge < -0.3 is 14.6 Å². The number of benzene rings is 2. The highest BCUT2D eigenvalue weighted by atomic mass is 35.5. The van der Waals surface area contributed by atoms with Crippen molar-refractivity contribution in [2.45, 2.75) is 70.6 Å². The van der Waals surface area contributed by atoms with Gasteiger partial charge in [-0.25, -0.2) is 12.8 Å². The van der Waals surface area contributed by atoms with E-state index in [4.69, 9.17) is 21.1 Å². The highest BCUT2D eigenvalue weighted by Gasteiger charge is 2.38. The Morgan fingerprint density at radius 3 is 2.41 bits per heavy atom.